The van der Waals surface area contributed by atoms with Crippen molar-refractivity contribution in [3.05, 3.63) is 12.8 Å². The second kappa shape index (κ2) is 3.65. The summed E-state index contributed by atoms with van der Waals surface area (Å²) in [6.45, 7) is 4.52. The SMILES string of the molecule is [CH2]C(=O)NC(=O)Nc1nnc(C)o1. The summed E-state index contributed by atoms with van der Waals surface area (Å²) in [7, 11) is 0. The van der Waals surface area contributed by atoms with Crippen molar-refractivity contribution in [3.63, 3.8) is 0 Å². The van der Waals surface area contributed by atoms with Crippen molar-refractivity contribution in [3.8, 4) is 0 Å². The lowest BCUT2D eigenvalue weighted by molar-refractivity contribution is -0.115. The van der Waals surface area contributed by atoms with E-state index in [1.165, 1.54) is 0 Å². The highest BCUT2D eigenvalue weighted by atomic mass is 16.4. The van der Waals surface area contributed by atoms with Crippen molar-refractivity contribution in [1.82, 2.24) is 15.5 Å². The van der Waals surface area contributed by atoms with Gasteiger partial charge in [-0.05, 0) is 0 Å². The largest absolute Gasteiger partial charge is 0.408 e. The van der Waals surface area contributed by atoms with Gasteiger partial charge in [0.15, 0.2) is 0 Å². The molecule has 0 atom stereocenters. The second-order valence-electron chi connectivity index (χ2n) is 2.13. The number of urea groups is 1. The van der Waals surface area contributed by atoms with Crippen LogP contribution < -0.4 is 10.6 Å². The van der Waals surface area contributed by atoms with E-state index in [1.807, 2.05) is 5.32 Å². The van der Waals surface area contributed by atoms with Crippen LogP contribution in [0.4, 0.5) is 10.8 Å². The third kappa shape index (κ3) is 2.89. The van der Waals surface area contributed by atoms with Crippen LogP contribution in [-0.2, 0) is 4.79 Å². The summed E-state index contributed by atoms with van der Waals surface area (Å²) in [5.74, 6) is -0.398. The Hall–Kier alpha value is -1.92. The van der Waals surface area contributed by atoms with Gasteiger partial charge in [-0.1, -0.05) is 5.10 Å². The van der Waals surface area contributed by atoms with Crippen molar-refractivity contribution in [2.24, 2.45) is 0 Å². The number of anilines is 1. The third-order valence-corrected chi connectivity index (χ3v) is 0.999. The van der Waals surface area contributed by atoms with E-state index in [9.17, 15) is 9.59 Å². The van der Waals surface area contributed by atoms with E-state index in [0.29, 0.717) is 5.89 Å². The molecule has 0 aromatic carbocycles. The van der Waals surface area contributed by atoms with Gasteiger partial charge in [0.1, 0.15) is 0 Å². The number of carbonyl (C=O) groups is 2. The van der Waals surface area contributed by atoms with Crippen molar-refractivity contribution in [2.45, 2.75) is 6.92 Å². The molecule has 7 nitrogen and oxygen atoms in total. The van der Waals surface area contributed by atoms with E-state index in [1.54, 1.807) is 6.92 Å². The Morgan fingerprint density at radius 1 is 1.46 bits per heavy atom. The quantitative estimate of drug-likeness (QED) is 0.631. The van der Waals surface area contributed by atoms with E-state index >= 15 is 0 Å². The first-order valence-electron chi connectivity index (χ1n) is 3.32. The molecule has 0 saturated carbocycles. The minimum Gasteiger partial charge on any atom is -0.408 e. The molecule has 0 bridgehead atoms. The number of hydrogen-bond donors (Lipinski definition) is 2. The number of aryl methyl sites for hydroxylation is 1. The average molecular weight is 183 g/mol. The zero-order valence-electron chi connectivity index (χ0n) is 6.83. The number of carbonyl (C=O) groups excluding carboxylic acids is 2. The Labute approximate surface area is 73.5 Å². The maximum Gasteiger partial charge on any atom is 0.329 e. The summed E-state index contributed by atoms with van der Waals surface area (Å²) in [5, 5.41) is 10.9. The molecule has 1 aromatic rings. The molecule has 0 fully saturated rings. The van der Waals surface area contributed by atoms with Crippen LogP contribution in [0.15, 0.2) is 4.42 Å². The number of nitrogens with one attached hydrogen (secondary N) is 2. The molecule has 0 spiro atoms. The fraction of sp³-hybridized carbons (Fsp3) is 0.167. The molecule has 1 aromatic heterocycles. The van der Waals surface area contributed by atoms with Gasteiger partial charge >= 0.3 is 12.0 Å². The highest BCUT2D eigenvalue weighted by molar-refractivity contribution is 6.01. The van der Waals surface area contributed by atoms with Crippen molar-refractivity contribution in [1.29, 1.82) is 0 Å². The molecule has 13 heavy (non-hydrogen) atoms. The third-order valence-electron chi connectivity index (χ3n) is 0.999. The zero-order chi connectivity index (χ0) is 9.84. The fourth-order valence-corrected chi connectivity index (χ4v) is 0.602. The van der Waals surface area contributed by atoms with Gasteiger partial charge in [-0.15, -0.1) is 5.10 Å². The van der Waals surface area contributed by atoms with Crippen LogP contribution in [0, 0.1) is 13.8 Å². The monoisotopic (exact) mass is 183 g/mol. The molecule has 0 unspecified atom stereocenters. The first-order valence-corrected chi connectivity index (χ1v) is 3.32. The maximum atomic E-state index is 10.8. The summed E-state index contributed by atoms with van der Waals surface area (Å²) in [6, 6.07) is -0.833. The summed E-state index contributed by atoms with van der Waals surface area (Å²) < 4.78 is 4.81. The highest BCUT2D eigenvalue weighted by Gasteiger charge is 2.07. The summed E-state index contributed by atoms with van der Waals surface area (Å²) in [5.41, 5.74) is 0. The molecule has 7 heteroatoms. The van der Waals surface area contributed by atoms with Gasteiger partial charge in [0, 0.05) is 13.8 Å². The fourth-order valence-electron chi connectivity index (χ4n) is 0.602. The van der Waals surface area contributed by atoms with E-state index < -0.39 is 11.9 Å². The molecule has 1 radical (unpaired) electrons. The Bertz CT molecular complexity index is 332. The Kier molecular flexibility index (Phi) is 2.58. The Balaban J connectivity index is 2.50. The molecule has 3 amide bonds. The van der Waals surface area contributed by atoms with Gasteiger partial charge in [-0.25, -0.2) is 4.79 Å². The first-order chi connectivity index (χ1) is 6.08. The van der Waals surface area contributed by atoms with Gasteiger partial charge < -0.3 is 4.42 Å². The first kappa shape index (κ1) is 9.17. The standard InChI is InChI=1S/C6H7N4O3/c1-3(11)7-5(12)8-6-10-9-4(2)13-6/h1H2,2H3,(H2,7,8,10,11,12). The molecule has 1 rings (SSSR count). The lowest BCUT2D eigenvalue weighted by Crippen LogP contribution is -2.32. The second-order valence-corrected chi connectivity index (χ2v) is 2.13. The minimum absolute atomic E-state index is 0.0729. The van der Waals surface area contributed by atoms with Crippen LogP contribution in [0.3, 0.4) is 0 Å². The predicted octanol–water partition coefficient (Wildman–Crippen LogP) is -0.140. The number of imide groups is 1. The van der Waals surface area contributed by atoms with Crippen molar-refractivity contribution < 1.29 is 14.0 Å². The molecule has 0 aliphatic carbocycles. The number of nitrogens with zero attached hydrogens (tertiary/aromatic N) is 2. The smallest absolute Gasteiger partial charge is 0.329 e. The zero-order valence-corrected chi connectivity index (χ0v) is 6.83. The molecule has 0 aliphatic rings. The summed E-state index contributed by atoms with van der Waals surface area (Å²) >= 11 is 0. The molecular weight excluding hydrogens is 176 g/mol. The molecule has 1 heterocycles. The highest BCUT2D eigenvalue weighted by Crippen LogP contribution is 2.02. The Morgan fingerprint density at radius 2 is 2.15 bits per heavy atom. The number of amides is 3. The number of aromatic nitrogens is 2. The lowest BCUT2D eigenvalue weighted by atomic mass is 10.7. The summed E-state index contributed by atoms with van der Waals surface area (Å²) in [6.07, 6.45) is 0. The topological polar surface area (TPSA) is 97.1 Å². The predicted molar refractivity (Wildman–Crippen MR) is 41.6 cm³/mol. The minimum atomic E-state index is -0.761. The average Bonchev–Trinajstić information content (AvgIpc) is 2.33. The number of rotatable bonds is 1. The summed E-state index contributed by atoms with van der Waals surface area (Å²) in [4.78, 5) is 21.1. The molecule has 0 aliphatic heterocycles. The number of hydrogen-bond acceptors (Lipinski definition) is 5. The van der Waals surface area contributed by atoms with Crippen LogP contribution in [0.1, 0.15) is 5.89 Å². The molecule has 0 saturated heterocycles. The molecule has 2 N–H and O–H groups in total. The van der Waals surface area contributed by atoms with Crippen LogP contribution in [0.25, 0.3) is 0 Å². The van der Waals surface area contributed by atoms with Crippen LogP contribution in [0.2, 0.25) is 0 Å². The van der Waals surface area contributed by atoms with Crippen molar-refractivity contribution in [2.75, 3.05) is 5.32 Å². The Morgan fingerprint density at radius 3 is 2.62 bits per heavy atom. The van der Waals surface area contributed by atoms with Gasteiger partial charge in [0.25, 0.3) is 0 Å². The van der Waals surface area contributed by atoms with Gasteiger partial charge in [-0.2, -0.15) is 0 Å². The normalized spacial score (nSPS) is 9.38. The van der Waals surface area contributed by atoms with Crippen LogP contribution in [-0.4, -0.2) is 22.1 Å². The molecular formula is C6H7N4O3. The van der Waals surface area contributed by atoms with Gasteiger partial charge in [0.2, 0.25) is 11.8 Å². The van der Waals surface area contributed by atoms with E-state index in [4.69, 9.17) is 4.42 Å². The van der Waals surface area contributed by atoms with Crippen LogP contribution >= 0.6 is 0 Å². The van der Waals surface area contributed by atoms with Gasteiger partial charge in [0.05, 0.1) is 0 Å². The maximum absolute atomic E-state index is 10.8. The van der Waals surface area contributed by atoms with Gasteiger partial charge in [-0.3, -0.25) is 15.4 Å². The van der Waals surface area contributed by atoms with E-state index in [0.717, 1.165) is 0 Å². The molecule has 69 valence electrons. The van der Waals surface area contributed by atoms with E-state index in [-0.39, 0.29) is 6.01 Å². The van der Waals surface area contributed by atoms with E-state index in [2.05, 4.69) is 22.4 Å². The lowest BCUT2D eigenvalue weighted by Gasteiger charge is -1.98. The van der Waals surface area contributed by atoms with Crippen molar-refractivity contribution >= 4 is 18.0 Å². The van der Waals surface area contributed by atoms with Crippen LogP contribution in [0.5, 0.6) is 0 Å².